The molecule has 3 N–H and O–H groups in total. The summed E-state index contributed by atoms with van der Waals surface area (Å²) in [7, 11) is 1.95. The molecule has 2 rings (SSSR count). The summed E-state index contributed by atoms with van der Waals surface area (Å²) >= 11 is 0. The maximum absolute atomic E-state index is 8.89. The number of aliphatic hydroxyl groups excluding tert-OH is 1. The van der Waals surface area contributed by atoms with Gasteiger partial charge in [0.25, 0.3) is 0 Å². The van der Waals surface area contributed by atoms with Gasteiger partial charge in [0.1, 0.15) is 5.82 Å². The molecule has 0 amide bonds. The summed E-state index contributed by atoms with van der Waals surface area (Å²) in [6.45, 7) is 2.20. The summed E-state index contributed by atoms with van der Waals surface area (Å²) in [6, 6.07) is 6.56. The van der Waals surface area contributed by atoms with Gasteiger partial charge in [-0.05, 0) is 44.5 Å². The summed E-state index contributed by atoms with van der Waals surface area (Å²) in [5.41, 5.74) is 3.31. The largest absolute Gasteiger partial charge is 0.396 e. The standard InChI is InChI=1S/C13H19N3O/c1-9-15-12-6-5-10(8-13(12)16-9)11(14-2)4-3-7-17/h5-6,8,11,14,17H,3-4,7H2,1-2H3,(H,15,16). The Balaban J connectivity index is 2.26. The first-order valence-corrected chi connectivity index (χ1v) is 5.99. The summed E-state index contributed by atoms with van der Waals surface area (Å²) in [5, 5.41) is 12.2. The summed E-state index contributed by atoms with van der Waals surface area (Å²) in [6.07, 6.45) is 1.75. The van der Waals surface area contributed by atoms with Gasteiger partial charge in [-0.3, -0.25) is 0 Å². The number of H-pyrrole nitrogens is 1. The Labute approximate surface area is 101 Å². The van der Waals surface area contributed by atoms with Gasteiger partial charge in [0, 0.05) is 12.6 Å². The molecule has 1 unspecified atom stereocenters. The third kappa shape index (κ3) is 2.65. The number of nitrogens with one attached hydrogen (secondary N) is 2. The first-order chi connectivity index (χ1) is 8.24. The van der Waals surface area contributed by atoms with Crippen molar-refractivity contribution in [1.82, 2.24) is 15.3 Å². The van der Waals surface area contributed by atoms with E-state index in [1.807, 2.05) is 20.0 Å². The second kappa shape index (κ2) is 5.29. The lowest BCUT2D eigenvalue weighted by molar-refractivity contribution is 0.276. The highest BCUT2D eigenvalue weighted by Gasteiger charge is 2.10. The molecule has 0 aliphatic rings. The van der Waals surface area contributed by atoms with E-state index >= 15 is 0 Å². The van der Waals surface area contributed by atoms with Crippen molar-refractivity contribution in [3.8, 4) is 0 Å². The number of hydrogen-bond acceptors (Lipinski definition) is 3. The van der Waals surface area contributed by atoms with E-state index in [9.17, 15) is 0 Å². The molecule has 4 nitrogen and oxygen atoms in total. The topological polar surface area (TPSA) is 60.9 Å². The minimum atomic E-state index is 0.240. The molecule has 0 aliphatic carbocycles. The number of aryl methyl sites for hydroxylation is 1. The number of aromatic amines is 1. The van der Waals surface area contributed by atoms with E-state index in [0.29, 0.717) is 0 Å². The molecule has 4 heteroatoms. The van der Waals surface area contributed by atoms with E-state index < -0.39 is 0 Å². The van der Waals surface area contributed by atoms with Gasteiger partial charge >= 0.3 is 0 Å². The molecule has 1 aromatic heterocycles. The Hall–Kier alpha value is -1.39. The number of benzene rings is 1. The highest BCUT2D eigenvalue weighted by molar-refractivity contribution is 5.75. The van der Waals surface area contributed by atoms with Gasteiger partial charge in [-0.15, -0.1) is 0 Å². The SMILES string of the molecule is CNC(CCCO)c1ccc2nc(C)[nH]c2c1. The number of hydrogen-bond donors (Lipinski definition) is 3. The fourth-order valence-electron chi connectivity index (χ4n) is 2.14. The van der Waals surface area contributed by atoms with Gasteiger partial charge < -0.3 is 15.4 Å². The molecule has 0 fully saturated rings. The fourth-order valence-corrected chi connectivity index (χ4v) is 2.14. The predicted molar refractivity (Wildman–Crippen MR) is 69.0 cm³/mol. The van der Waals surface area contributed by atoms with Crippen LogP contribution >= 0.6 is 0 Å². The fraction of sp³-hybridized carbons (Fsp3) is 0.462. The molecule has 17 heavy (non-hydrogen) atoms. The van der Waals surface area contributed by atoms with Crippen molar-refractivity contribution in [3.05, 3.63) is 29.6 Å². The van der Waals surface area contributed by atoms with Crippen LogP contribution in [0.4, 0.5) is 0 Å². The number of imidazole rings is 1. The van der Waals surface area contributed by atoms with Gasteiger partial charge in [-0.1, -0.05) is 6.07 Å². The lowest BCUT2D eigenvalue weighted by Gasteiger charge is -2.15. The average Bonchev–Trinajstić information content (AvgIpc) is 2.69. The van der Waals surface area contributed by atoms with E-state index in [1.165, 1.54) is 5.56 Å². The zero-order valence-electron chi connectivity index (χ0n) is 10.3. The molecule has 1 aromatic carbocycles. The first-order valence-electron chi connectivity index (χ1n) is 5.99. The lowest BCUT2D eigenvalue weighted by Crippen LogP contribution is -2.16. The zero-order chi connectivity index (χ0) is 12.3. The van der Waals surface area contributed by atoms with Crippen molar-refractivity contribution in [3.63, 3.8) is 0 Å². The van der Waals surface area contributed by atoms with Crippen LogP contribution in [0.3, 0.4) is 0 Å². The van der Waals surface area contributed by atoms with E-state index in [2.05, 4.69) is 27.4 Å². The van der Waals surface area contributed by atoms with Crippen LogP contribution in [0.15, 0.2) is 18.2 Å². The Morgan fingerprint density at radius 3 is 3.00 bits per heavy atom. The molecule has 2 aromatic rings. The second-order valence-corrected chi connectivity index (χ2v) is 4.31. The summed E-state index contributed by atoms with van der Waals surface area (Å²) in [5.74, 6) is 0.938. The molecule has 0 bridgehead atoms. The number of fused-ring (bicyclic) bond motifs is 1. The van der Waals surface area contributed by atoms with Crippen LogP contribution in [-0.2, 0) is 0 Å². The van der Waals surface area contributed by atoms with Crippen LogP contribution in [0.2, 0.25) is 0 Å². The molecular weight excluding hydrogens is 214 g/mol. The lowest BCUT2D eigenvalue weighted by atomic mass is 10.0. The molecule has 1 atom stereocenters. The number of rotatable bonds is 5. The van der Waals surface area contributed by atoms with Crippen LogP contribution in [-0.4, -0.2) is 28.7 Å². The number of aliphatic hydroxyl groups is 1. The molecule has 1 heterocycles. The van der Waals surface area contributed by atoms with Crippen molar-refractivity contribution in [1.29, 1.82) is 0 Å². The van der Waals surface area contributed by atoms with Crippen LogP contribution in [0.5, 0.6) is 0 Å². The van der Waals surface area contributed by atoms with Crippen LogP contribution in [0, 0.1) is 6.92 Å². The average molecular weight is 233 g/mol. The van der Waals surface area contributed by atoms with Crippen molar-refractivity contribution in [2.75, 3.05) is 13.7 Å². The van der Waals surface area contributed by atoms with Gasteiger partial charge in [0.15, 0.2) is 0 Å². The molecule has 0 radical (unpaired) electrons. The Kier molecular flexibility index (Phi) is 3.76. The molecule has 0 saturated carbocycles. The van der Waals surface area contributed by atoms with Gasteiger partial charge in [-0.25, -0.2) is 4.98 Å². The van der Waals surface area contributed by atoms with Crippen molar-refractivity contribution >= 4 is 11.0 Å². The molecule has 0 aliphatic heterocycles. The number of aromatic nitrogens is 2. The maximum Gasteiger partial charge on any atom is 0.104 e. The Morgan fingerprint density at radius 1 is 1.47 bits per heavy atom. The van der Waals surface area contributed by atoms with Gasteiger partial charge in [0.05, 0.1) is 11.0 Å². The Bertz CT molecular complexity index is 492. The summed E-state index contributed by atoms with van der Waals surface area (Å²) in [4.78, 5) is 7.63. The quantitative estimate of drug-likeness (QED) is 0.739. The maximum atomic E-state index is 8.89. The molecule has 0 spiro atoms. The Morgan fingerprint density at radius 2 is 2.29 bits per heavy atom. The highest BCUT2D eigenvalue weighted by atomic mass is 16.2. The van der Waals surface area contributed by atoms with E-state index in [1.54, 1.807) is 0 Å². The van der Waals surface area contributed by atoms with Crippen LogP contribution < -0.4 is 5.32 Å². The zero-order valence-corrected chi connectivity index (χ0v) is 10.3. The number of nitrogens with zero attached hydrogens (tertiary/aromatic N) is 1. The normalized spacial score (nSPS) is 13.1. The minimum Gasteiger partial charge on any atom is -0.396 e. The van der Waals surface area contributed by atoms with Crippen LogP contribution in [0.25, 0.3) is 11.0 Å². The molecule has 0 saturated heterocycles. The van der Waals surface area contributed by atoms with Crippen molar-refractivity contribution < 1.29 is 5.11 Å². The van der Waals surface area contributed by atoms with Crippen molar-refractivity contribution in [2.45, 2.75) is 25.8 Å². The second-order valence-electron chi connectivity index (χ2n) is 4.31. The van der Waals surface area contributed by atoms with E-state index in [-0.39, 0.29) is 12.6 Å². The highest BCUT2D eigenvalue weighted by Crippen LogP contribution is 2.22. The third-order valence-corrected chi connectivity index (χ3v) is 3.03. The molecular formula is C13H19N3O. The van der Waals surface area contributed by atoms with Gasteiger partial charge in [0.2, 0.25) is 0 Å². The van der Waals surface area contributed by atoms with Crippen molar-refractivity contribution in [2.24, 2.45) is 0 Å². The first kappa shape index (κ1) is 12.1. The van der Waals surface area contributed by atoms with E-state index in [4.69, 9.17) is 5.11 Å². The minimum absolute atomic E-state index is 0.240. The van der Waals surface area contributed by atoms with Crippen LogP contribution in [0.1, 0.15) is 30.3 Å². The smallest absolute Gasteiger partial charge is 0.104 e. The third-order valence-electron chi connectivity index (χ3n) is 3.03. The van der Waals surface area contributed by atoms with E-state index in [0.717, 1.165) is 29.7 Å². The van der Waals surface area contributed by atoms with Gasteiger partial charge in [-0.2, -0.15) is 0 Å². The molecule has 92 valence electrons. The monoisotopic (exact) mass is 233 g/mol. The summed E-state index contributed by atoms with van der Waals surface area (Å²) < 4.78 is 0. The predicted octanol–water partition coefficient (Wildman–Crippen LogP) is 1.90.